The minimum atomic E-state index is 0. The van der Waals surface area contributed by atoms with E-state index in [1.165, 1.54) is 4.73 Å². The molecule has 1 unspecified atom stereocenters. The van der Waals surface area contributed by atoms with Crippen molar-refractivity contribution in [2.75, 3.05) is 0 Å². The lowest BCUT2D eigenvalue weighted by Crippen LogP contribution is -2.38. The van der Waals surface area contributed by atoms with Crippen LogP contribution in [0.2, 0.25) is 0 Å². The highest BCUT2D eigenvalue weighted by atomic mass is 16.5. The molecule has 0 bridgehead atoms. The number of hydrogen-bond donors (Lipinski definition) is 1. The van der Waals surface area contributed by atoms with Crippen molar-refractivity contribution in [3.05, 3.63) is 30.1 Å². The van der Waals surface area contributed by atoms with Gasteiger partial charge in [-0.3, -0.25) is 5.21 Å². The molecule has 88 valence electrons. The van der Waals surface area contributed by atoms with Crippen LogP contribution in [0.15, 0.2) is 24.4 Å². The van der Waals surface area contributed by atoms with Gasteiger partial charge in [0.05, 0.1) is 5.92 Å². The van der Waals surface area contributed by atoms with Crippen LogP contribution >= 0.6 is 0 Å². The van der Waals surface area contributed by atoms with Crippen molar-refractivity contribution in [2.45, 2.75) is 48.5 Å². The Kier molecular flexibility index (Phi) is 6.27. The molecule has 0 aliphatic rings. The lowest BCUT2D eigenvalue weighted by molar-refractivity contribution is -0.910. The fourth-order valence-electron chi connectivity index (χ4n) is 1.23. The third-order valence-corrected chi connectivity index (χ3v) is 2.61. The Labute approximate surface area is 94.5 Å². The zero-order valence-electron chi connectivity index (χ0n) is 8.78. The molecule has 1 aromatic heterocycles. The van der Waals surface area contributed by atoms with Gasteiger partial charge in [-0.2, -0.15) is 0 Å². The van der Waals surface area contributed by atoms with E-state index in [1.54, 1.807) is 6.20 Å². The molecule has 0 aromatic carbocycles. The second-order valence-electron chi connectivity index (χ2n) is 4.56. The molecule has 0 spiro atoms. The minimum absolute atomic E-state index is 0. The second kappa shape index (κ2) is 5.74. The van der Waals surface area contributed by atoms with Crippen molar-refractivity contribution < 1.29 is 9.94 Å². The third-order valence-electron chi connectivity index (χ3n) is 2.61. The highest BCUT2D eigenvalue weighted by molar-refractivity contribution is 5.05. The Bertz CT molecular complexity index is 289. The number of rotatable bonds is 1. The van der Waals surface area contributed by atoms with Gasteiger partial charge in [-0.05, 0) is 11.5 Å². The predicted octanol–water partition coefficient (Wildman–Crippen LogP) is 3.63. The highest BCUT2D eigenvalue weighted by Crippen LogP contribution is 2.32. The van der Waals surface area contributed by atoms with Crippen molar-refractivity contribution in [1.82, 2.24) is 0 Å². The average Bonchev–Trinajstić information content (AvgIpc) is 2.02. The first-order valence-electron chi connectivity index (χ1n) is 4.63. The average molecular weight is 212 g/mol. The van der Waals surface area contributed by atoms with Gasteiger partial charge in [0, 0.05) is 16.9 Å². The van der Waals surface area contributed by atoms with Gasteiger partial charge >= 0.3 is 0 Å². The van der Waals surface area contributed by atoms with E-state index >= 15 is 0 Å². The standard InChI is InChI=1S/C11H18NO.2CH4/c1-9(11(2,3)4)10-7-5-6-8-12(10)13;;/h5-9,13H,1-4H3;2*1H4/q+1;;. The van der Waals surface area contributed by atoms with E-state index in [1.807, 2.05) is 18.2 Å². The molecule has 0 saturated carbocycles. The van der Waals surface area contributed by atoms with Crippen LogP contribution in [0.25, 0.3) is 0 Å². The van der Waals surface area contributed by atoms with Gasteiger partial charge in [-0.1, -0.05) is 42.5 Å². The fraction of sp³-hybridized carbons (Fsp3) is 0.615. The number of aromatic nitrogens is 1. The van der Waals surface area contributed by atoms with Crippen LogP contribution in [0.4, 0.5) is 0 Å². The Balaban J connectivity index is 0. The molecular weight excluding hydrogens is 186 g/mol. The van der Waals surface area contributed by atoms with Crippen LogP contribution in [-0.2, 0) is 0 Å². The minimum Gasteiger partial charge on any atom is -0.285 e. The first-order chi connectivity index (χ1) is 5.93. The summed E-state index contributed by atoms with van der Waals surface area (Å²) in [7, 11) is 0. The Hall–Kier alpha value is -1.05. The van der Waals surface area contributed by atoms with Gasteiger partial charge in [0.15, 0.2) is 0 Å². The molecular formula is C13H26NO+. The van der Waals surface area contributed by atoms with Crippen LogP contribution < -0.4 is 4.73 Å². The first kappa shape index (κ1) is 16.4. The van der Waals surface area contributed by atoms with E-state index in [-0.39, 0.29) is 20.3 Å². The summed E-state index contributed by atoms with van der Waals surface area (Å²) in [6.07, 6.45) is 1.66. The fourth-order valence-corrected chi connectivity index (χ4v) is 1.23. The number of pyridine rings is 1. The monoisotopic (exact) mass is 212 g/mol. The van der Waals surface area contributed by atoms with Crippen molar-refractivity contribution in [3.8, 4) is 0 Å². The molecule has 0 fully saturated rings. The summed E-state index contributed by atoms with van der Waals surface area (Å²) in [5, 5.41) is 9.56. The normalized spacial score (nSPS) is 12.3. The van der Waals surface area contributed by atoms with Crippen molar-refractivity contribution in [1.29, 1.82) is 0 Å². The molecule has 1 rings (SSSR count). The number of nitrogens with zero attached hydrogens (tertiary/aromatic N) is 1. The maximum Gasteiger partial charge on any atom is 0.237 e. The highest BCUT2D eigenvalue weighted by Gasteiger charge is 2.28. The van der Waals surface area contributed by atoms with Crippen LogP contribution in [0, 0.1) is 5.41 Å². The van der Waals surface area contributed by atoms with E-state index in [0.29, 0.717) is 5.92 Å². The van der Waals surface area contributed by atoms with Crippen LogP contribution in [-0.4, -0.2) is 5.21 Å². The van der Waals surface area contributed by atoms with E-state index in [4.69, 9.17) is 0 Å². The molecule has 1 N–H and O–H groups in total. The summed E-state index contributed by atoms with van der Waals surface area (Å²) in [5.41, 5.74) is 1.13. The SMILES string of the molecule is C.C.CC(c1cccc[n+]1O)C(C)(C)C. The molecule has 0 amide bonds. The Morgan fingerprint density at radius 1 is 1.20 bits per heavy atom. The zero-order chi connectivity index (χ0) is 10.1. The maximum absolute atomic E-state index is 9.56. The topological polar surface area (TPSA) is 24.1 Å². The molecule has 15 heavy (non-hydrogen) atoms. The summed E-state index contributed by atoms with van der Waals surface area (Å²) < 4.78 is 1.20. The molecule has 0 saturated heterocycles. The molecule has 0 aliphatic heterocycles. The summed E-state index contributed by atoms with van der Waals surface area (Å²) in [6, 6.07) is 5.72. The van der Waals surface area contributed by atoms with Gasteiger partial charge in [0.25, 0.3) is 0 Å². The quantitative estimate of drug-likeness (QED) is 0.558. The summed E-state index contributed by atoms with van der Waals surface area (Å²) in [6.45, 7) is 8.64. The summed E-state index contributed by atoms with van der Waals surface area (Å²) in [5.74, 6) is 0.332. The van der Waals surface area contributed by atoms with Crippen molar-refractivity contribution >= 4 is 0 Å². The zero-order valence-corrected chi connectivity index (χ0v) is 8.78. The predicted molar refractivity (Wildman–Crippen MR) is 65.2 cm³/mol. The molecule has 0 aliphatic carbocycles. The van der Waals surface area contributed by atoms with Crippen LogP contribution in [0.3, 0.4) is 0 Å². The van der Waals surface area contributed by atoms with E-state index in [9.17, 15) is 5.21 Å². The Morgan fingerprint density at radius 2 is 1.73 bits per heavy atom. The molecule has 1 heterocycles. The van der Waals surface area contributed by atoms with E-state index < -0.39 is 0 Å². The van der Waals surface area contributed by atoms with Crippen LogP contribution in [0.5, 0.6) is 0 Å². The third kappa shape index (κ3) is 3.90. The molecule has 1 atom stereocenters. The molecule has 2 nitrogen and oxygen atoms in total. The van der Waals surface area contributed by atoms with Crippen molar-refractivity contribution in [2.24, 2.45) is 5.41 Å². The smallest absolute Gasteiger partial charge is 0.237 e. The van der Waals surface area contributed by atoms with Gasteiger partial charge in [0.1, 0.15) is 0 Å². The van der Waals surface area contributed by atoms with Gasteiger partial charge in [0.2, 0.25) is 11.9 Å². The van der Waals surface area contributed by atoms with Gasteiger partial charge in [-0.15, -0.1) is 0 Å². The molecule has 2 heteroatoms. The summed E-state index contributed by atoms with van der Waals surface area (Å²) in [4.78, 5) is 0. The first-order valence-corrected chi connectivity index (χ1v) is 4.63. The number of hydrogen-bond acceptors (Lipinski definition) is 1. The Morgan fingerprint density at radius 3 is 2.13 bits per heavy atom. The largest absolute Gasteiger partial charge is 0.285 e. The summed E-state index contributed by atoms with van der Waals surface area (Å²) >= 11 is 0. The lowest BCUT2D eigenvalue weighted by Gasteiger charge is -2.23. The van der Waals surface area contributed by atoms with Crippen LogP contribution in [0.1, 0.15) is 54.2 Å². The van der Waals surface area contributed by atoms with E-state index in [2.05, 4.69) is 27.7 Å². The molecule has 1 aromatic rings. The van der Waals surface area contributed by atoms with E-state index in [0.717, 1.165) is 5.69 Å². The van der Waals surface area contributed by atoms with Gasteiger partial charge in [-0.25, -0.2) is 0 Å². The second-order valence-corrected chi connectivity index (χ2v) is 4.56. The van der Waals surface area contributed by atoms with Gasteiger partial charge < -0.3 is 0 Å². The molecule has 0 radical (unpaired) electrons. The maximum atomic E-state index is 9.56. The van der Waals surface area contributed by atoms with Crippen molar-refractivity contribution in [3.63, 3.8) is 0 Å². The lowest BCUT2D eigenvalue weighted by atomic mass is 9.80.